The van der Waals surface area contributed by atoms with Gasteiger partial charge in [0.25, 0.3) is 0 Å². The molecule has 7 rings (SSSR count). The normalized spacial score (nSPS) is 26.3. The summed E-state index contributed by atoms with van der Waals surface area (Å²) < 4.78 is 0. The Labute approximate surface area is 173 Å². The average Bonchev–Trinajstić information content (AvgIpc) is 2.99. The van der Waals surface area contributed by atoms with Gasteiger partial charge in [0, 0.05) is 11.8 Å². The zero-order chi connectivity index (χ0) is 19.9. The first-order valence-corrected chi connectivity index (χ1v) is 10.3. The first kappa shape index (κ1) is 17.0. The molecule has 2 amide bonds. The summed E-state index contributed by atoms with van der Waals surface area (Å²) in [5, 5.41) is 0.422. The summed E-state index contributed by atoms with van der Waals surface area (Å²) in [6.45, 7) is 2.07. The second-order valence-electron chi connectivity index (χ2n) is 8.23. The van der Waals surface area contributed by atoms with Gasteiger partial charge in [-0.2, -0.15) is 0 Å². The van der Waals surface area contributed by atoms with E-state index in [2.05, 4.69) is 37.3 Å². The van der Waals surface area contributed by atoms with E-state index in [1.54, 1.807) is 12.1 Å². The lowest BCUT2D eigenvalue weighted by Crippen LogP contribution is -2.41. The Balaban J connectivity index is 1.60. The number of hydrogen-bond donors (Lipinski definition) is 0. The van der Waals surface area contributed by atoms with E-state index in [9.17, 15) is 9.59 Å². The van der Waals surface area contributed by atoms with Crippen LogP contribution in [0.5, 0.6) is 0 Å². The third kappa shape index (κ3) is 2.09. The van der Waals surface area contributed by atoms with E-state index in [0.29, 0.717) is 10.7 Å². The van der Waals surface area contributed by atoms with Crippen LogP contribution < -0.4 is 4.90 Å². The Morgan fingerprint density at radius 2 is 1.28 bits per heavy atom. The number of anilines is 1. The highest BCUT2D eigenvalue weighted by atomic mass is 35.5. The minimum Gasteiger partial charge on any atom is -0.274 e. The molecule has 1 heterocycles. The fourth-order valence-electron chi connectivity index (χ4n) is 5.72. The van der Waals surface area contributed by atoms with Gasteiger partial charge in [0.1, 0.15) is 0 Å². The molecule has 0 unspecified atom stereocenters. The average molecular weight is 400 g/mol. The molecule has 0 radical (unpaired) electrons. The first-order valence-electron chi connectivity index (χ1n) is 9.89. The summed E-state index contributed by atoms with van der Waals surface area (Å²) in [6.07, 6.45) is 0. The Bertz CT molecular complexity index is 1220. The van der Waals surface area contributed by atoms with Gasteiger partial charge < -0.3 is 0 Å². The summed E-state index contributed by atoms with van der Waals surface area (Å²) in [5.41, 5.74) is 6.39. The quantitative estimate of drug-likeness (QED) is 0.537. The van der Waals surface area contributed by atoms with Crippen molar-refractivity contribution < 1.29 is 9.59 Å². The molecule has 4 atom stereocenters. The van der Waals surface area contributed by atoms with Crippen LogP contribution in [0.3, 0.4) is 0 Å². The summed E-state index contributed by atoms with van der Waals surface area (Å²) in [6, 6.07) is 21.8. The summed E-state index contributed by atoms with van der Waals surface area (Å²) in [4.78, 5) is 28.6. The maximum absolute atomic E-state index is 13.6. The number of carbonyl (C=O) groups excluding carboxylic acids is 2. The van der Waals surface area contributed by atoms with Crippen molar-refractivity contribution in [2.75, 3.05) is 4.90 Å². The second-order valence-corrected chi connectivity index (χ2v) is 8.64. The molecular weight excluding hydrogens is 382 g/mol. The van der Waals surface area contributed by atoms with Gasteiger partial charge in [0.15, 0.2) is 0 Å². The SMILES string of the molecule is Cc1ccc2c(c1)[C@@H]1c3ccccc3[C@@H]2[C@@H]2C(=O)N(c3ccccc3Cl)C(=O)[C@H]12. The summed E-state index contributed by atoms with van der Waals surface area (Å²) in [5.74, 6) is -1.23. The number of halogens is 1. The molecule has 4 heteroatoms. The maximum atomic E-state index is 13.6. The van der Waals surface area contributed by atoms with Crippen molar-refractivity contribution in [3.63, 3.8) is 0 Å². The van der Waals surface area contributed by atoms with Crippen molar-refractivity contribution in [2.45, 2.75) is 18.8 Å². The number of carbonyl (C=O) groups is 2. The van der Waals surface area contributed by atoms with Crippen molar-refractivity contribution in [3.05, 3.63) is 99.6 Å². The zero-order valence-electron chi connectivity index (χ0n) is 15.8. The lowest BCUT2D eigenvalue weighted by molar-refractivity contribution is -0.122. The van der Waals surface area contributed by atoms with Crippen LogP contribution in [-0.2, 0) is 9.59 Å². The first-order chi connectivity index (χ1) is 14.1. The van der Waals surface area contributed by atoms with Crippen LogP contribution in [0.4, 0.5) is 5.69 Å². The van der Waals surface area contributed by atoms with Crippen LogP contribution in [0, 0.1) is 18.8 Å². The topological polar surface area (TPSA) is 37.4 Å². The molecule has 0 aromatic heterocycles. The molecular formula is C25H18ClNO2. The van der Waals surface area contributed by atoms with Gasteiger partial charge in [-0.3, -0.25) is 9.59 Å². The third-order valence-electron chi connectivity index (χ3n) is 6.79. The second kappa shape index (κ2) is 5.80. The van der Waals surface area contributed by atoms with E-state index >= 15 is 0 Å². The van der Waals surface area contributed by atoms with Gasteiger partial charge >= 0.3 is 0 Å². The van der Waals surface area contributed by atoms with E-state index < -0.39 is 0 Å². The molecule has 3 aromatic rings. The van der Waals surface area contributed by atoms with Crippen LogP contribution >= 0.6 is 11.6 Å². The molecule has 0 N–H and O–H groups in total. The van der Waals surface area contributed by atoms with Crippen LogP contribution in [0.1, 0.15) is 39.7 Å². The van der Waals surface area contributed by atoms with Gasteiger partial charge in [0.05, 0.1) is 22.5 Å². The molecule has 0 spiro atoms. The highest BCUT2D eigenvalue weighted by Gasteiger charge is 2.61. The van der Waals surface area contributed by atoms with Crippen LogP contribution in [0.2, 0.25) is 5.02 Å². The van der Waals surface area contributed by atoms with Gasteiger partial charge in [0.2, 0.25) is 11.8 Å². The molecule has 3 aliphatic carbocycles. The van der Waals surface area contributed by atoms with Crippen molar-refractivity contribution in [1.29, 1.82) is 0 Å². The largest absolute Gasteiger partial charge is 0.274 e. The molecule has 2 bridgehead atoms. The van der Waals surface area contributed by atoms with E-state index in [1.165, 1.54) is 32.7 Å². The molecule has 1 aliphatic heterocycles. The van der Waals surface area contributed by atoms with Gasteiger partial charge in [-0.25, -0.2) is 4.90 Å². The van der Waals surface area contributed by atoms with Crippen molar-refractivity contribution >= 4 is 29.1 Å². The number of aryl methyl sites for hydroxylation is 1. The number of hydrogen-bond acceptors (Lipinski definition) is 2. The highest BCUT2D eigenvalue weighted by Crippen LogP contribution is 2.61. The van der Waals surface area contributed by atoms with Crippen LogP contribution in [-0.4, -0.2) is 11.8 Å². The summed E-state index contributed by atoms with van der Waals surface area (Å²) in [7, 11) is 0. The summed E-state index contributed by atoms with van der Waals surface area (Å²) >= 11 is 6.37. The third-order valence-corrected chi connectivity index (χ3v) is 7.11. The molecule has 0 saturated carbocycles. The molecule has 3 nitrogen and oxygen atoms in total. The molecule has 142 valence electrons. The van der Waals surface area contributed by atoms with Gasteiger partial charge in [-0.05, 0) is 41.3 Å². The Hall–Kier alpha value is -2.91. The molecule has 29 heavy (non-hydrogen) atoms. The van der Waals surface area contributed by atoms with E-state index in [1.807, 2.05) is 24.3 Å². The standard InChI is InChI=1S/C25H18ClNO2/c1-13-10-11-16-17(12-13)21-15-7-3-2-6-14(15)20(16)22-23(21)25(29)27(24(22)28)19-9-5-4-8-18(19)26/h2-12,20-23H,1H3/t20-,21-,22-,23+/m0/s1. The number of rotatable bonds is 1. The smallest absolute Gasteiger partial charge is 0.238 e. The van der Waals surface area contributed by atoms with E-state index in [4.69, 9.17) is 11.6 Å². The van der Waals surface area contributed by atoms with Gasteiger partial charge in [-0.15, -0.1) is 0 Å². The number of para-hydroxylation sites is 1. The fraction of sp³-hybridized carbons (Fsp3) is 0.200. The van der Waals surface area contributed by atoms with Crippen LogP contribution in [0.15, 0.2) is 66.7 Å². The minimum absolute atomic E-state index is 0.0965. The van der Waals surface area contributed by atoms with Crippen molar-refractivity contribution in [1.82, 2.24) is 0 Å². The number of imide groups is 1. The molecule has 1 saturated heterocycles. The zero-order valence-corrected chi connectivity index (χ0v) is 16.6. The number of nitrogens with zero attached hydrogens (tertiary/aromatic N) is 1. The predicted octanol–water partition coefficient (Wildman–Crippen LogP) is 5.05. The van der Waals surface area contributed by atoms with E-state index in [0.717, 1.165) is 0 Å². The Kier molecular flexibility index (Phi) is 3.40. The minimum atomic E-state index is -0.382. The maximum Gasteiger partial charge on any atom is 0.238 e. The Morgan fingerprint density at radius 3 is 1.93 bits per heavy atom. The monoisotopic (exact) mass is 399 g/mol. The van der Waals surface area contributed by atoms with Crippen LogP contribution in [0.25, 0.3) is 0 Å². The van der Waals surface area contributed by atoms with E-state index in [-0.39, 0.29) is 35.5 Å². The number of benzene rings is 3. The van der Waals surface area contributed by atoms with Gasteiger partial charge in [-0.1, -0.05) is 71.8 Å². The number of amides is 2. The van der Waals surface area contributed by atoms with Crippen molar-refractivity contribution in [2.24, 2.45) is 11.8 Å². The lowest BCUT2D eigenvalue weighted by Gasteiger charge is -2.46. The highest BCUT2D eigenvalue weighted by molar-refractivity contribution is 6.36. The Morgan fingerprint density at radius 1 is 0.724 bits per heavy atom. The fourth-order valence-corrected chi connectivity index (χ4v) is 5.94. The molecule has 3 aromatic carbocycles. The molecule has 4 aliphatic rings. The lowest BCUT2D eigenvalue weighted by atomic mass is 9.55. The van der Waals surface area contributed by atoms with Crippen molar-refractivity contribution in [3.8, 4) is 0 Å². The predicted molar refractivity (Wildman–Crippen MR) is 112 cm³/mol. The molecule has 1 fully saturated rings.